The highest BCUT2D eigenvalue weighted by Crippen LogP contribution is 2.53. The zero-order valence-electron chi connectivity index (χ0n) is 12.8. The van der Waals surface area contributed by atoms with Gasteiger partial charge < -0.3 is 30.3 Å². The number of hydrogen-bond donors (Lipinski definition) is 5. The fourth-order valence-corrected chi connectivity index (χ4v) is 3.29. The second-order valence-electron chi connectivity index (χ2n) is 6.07. The highest BCUT2D eigenvalue weighted by molar-refractivity contribution is 6.24. The van der Waals surface area contributed by atoms with Crippen LogP contribution in [0.1, 0.15) is 51.0 Å². The van der Waals surface area contributed by atoms with E-state index in [2.05, 4.69) is 0 Å². The molecule has 0 amide bonds. The molecule has 8 heteroatoms. The third-order valence-corrected chi connectivity index (χ3v) is 4.65. The van der Waals surface area contributed by atoms with E-state index in [0.717, 1.165) is 19.1 Å². The number of benzene rings is 1. The summed E-state index contributed by atoms with van der Waals surface area (Å²) in [5, 5.41) is 52.0. The van der Waals surface area contributed by atoms with Crippen LogP contribution < -0.4 is 0 Å². The Bertz CT molecular complexity index is 749. The third kappa shape index (κ3) is 1.88. The Balaban J connectivity index is 2.44. The molecule has 0 unspecified atom stereocenters. The van der Waals surface area contributed by atoms with Crippen LogP contribution in [0.25, 0.3) is 0 Å². The fourth-order valence-electron chi connectivity index (χ4n) is 3.29. The second-order valence-corrected chi connectivity index (χ2v) is 6.07. The summed E-state index contributed by atoms with van der Waals surface area (Å²) in [4.78, 5) is 24.1. The molecule has 4 atom stereocenters. The molecule has 1 aromatic carbocycles. The van der Waals surface area contributed by atoms with E-state index in [1.165, 1.54) is 7.11 Å². The average molecular weight is 336 g/mol. The highest BCUT2D eigenvalue weighted by Gasteiger charge is 2.53. The minimum atomic E-state index is -2.12. The molecule has 24 heavy (non-hydrogen) atoms. The normalized spacial score (nSPS) is 31.8. The van der Waals surface area contributed by atoms with Gasteiger partial charge in [-0.2, -0.15) is 0 Å². The molecule has 0 saturated heterocycles. The van der Waals surface area contributed by atoms with Crippen LogP contribution in [0.4, 0.5) is 0 Å². The molecule has 0 spiro atoms. The number of allylic oxidation sites excluding steroid dienone is 2. The van der Waals surface area contributed by atoms with Crippen LogP contribution in [-0.4, -0.2) is 55.9 Å². The van der Waals surface area contributed by atoms with E-state index < -0.39 is 58.1 Å². The minimum Gasteiger partial charge on any atom is -0.507 e. The van der Waals surface area contributed by atoms with Gasteiger partial charge in [-0.1, -0.05) is 0 Å². The predicted octanol–water partition coefficient (Wildman–Crippen LogP) is -0.121. The Kier molecular flexibility index (Phi) is 3.54. The lowest BCUT2D eigenvalue weighted by molar-refractivity contribution is -0.188. The number of phenols is 2. The summed E-state index contributed by atoms with van der Waals surface area (Å²) in [5.41, 5.74) is -3.60. The van der Waals surface area contributed by atoms with Crippen LogP contribution in [0.5, 0.6) is 11.5 Å². The Morgan fingerprint density at radius 1 is 1.00 bits per heavy atom. The number of hydrogen-bond acceptors (Lipinski definition) is 8. The average Bonchev–Trinajstić information content (AvgIpc) is 2.52. The maximum Gasteiger partial charge on any atom is 0.190 e. The van der Waals surface area contributed by atoms with Crippen molar-refractivity contribution in [3.05, 3.63) is 34.4 Å². The van der Waals surface area contributed by atoms with Crippen LogP contribution in [0.2, 0.25) is 0 Å². The first-order valence-electron chi connectivity index (χ1n) is 7.14. The molecule has 0 fully saturated rings. The van der Waals surface area contributed by atoms with Gasteiger partial charge in [0.1, 0.15) is 35.4 Å². The van der Waals surface area contributed by atoms with E-state index in [9.17, 15) is 35.1 Å². The Hall–Kier alpha value is -2.26. The topological polar surface area (TPSA) is 145 Å². The molecule has 8 nitrogen and oxygen atoms in total. The number of aliphatic hydroxyl groups is 3. The molecule has 0 radical (unpaired) electrons. The number of aromatic hydroxyl groups is 2. The quantitative estimate of drug-likeness (QED) is 0.446. The summed E-state index contributed by atoms with van der Waals surface area (Å²) in [6.45, 7) is 1.13. The van der Waals surface area contributed by atoms with Crippen molar-refractivity contribution in [3.8, 4) is 11.5 Å². The minimum absolute atomic E-state index is 0.239. The largest absolute Gasteiger partial charge is 0.507 e. The third-order valence-electron chi connectivity index (χ3n) is 4.65. The molecular weight excluding hydrogens is 320 g/mol. The SMILES string of the molecule is CO[C@H]1c2c(O)c3c(c(O)c2[C@H](O)[C@@](C)(O)[C@@H]1O)C(=O)C=CC3=O. The summed E-state index contributed by atoms with van der Waals surface area (Å²) in [6, 6.07) is 0. The fraction of sp³-hybridized carbons (Fsp3) is 0.375. The maximum absolute atomic E-state index is 12.0. The number of methoxy groups -OCH3 is 1. The van der Waals surface area contributed by atoms with Gasteiger partial charge in [0, 0.05) is 18.2 Å². The van der Waals surface area contributed by atoms with Gasteiger partial charge in [0.2, 0.25) is 0 Å². The van der Waals surface area contributed by atoms with Gasteiger partial charge in [-0.05, 0) is 19.1 Å². The van der Waals surface area contributed by atoms with Crippen molar-refractivity contribution in [1.29, 1.82) is 0 Å². The predicted molar refractivity (Wildman–Crippen MR) is 78.9 cm³/mol. The maximum atomic E-state index is 12.0. The van der Waals surface area contributed by atoms with Crippen molar-refractivity contribution in [1.82, 2.24) is 0 Å². The molecule has 1 aromatic rings. The molecule has 2 aliphatic rings. The lowest BCUT2D eigenvalue weighted by Gasteiger charge is -2.44. The molecule has 5 N–H and O–H groups in total. The number of ether oxygens (including phenoxy) is 1. The Morgan fingerprint density at radius 2 is 1.46 bits per heavy atom. The number of carbonyl (C=O) groups is 2. The molecule has 0 saturated carbocycles. The first kappa shape index (κ1) is 16.6. The van der Waals surface area contributed by atoms with E-state index in [0.29, 0.717) is 0 Å². The van der Waals surface area contributed by atoms with Gasteiger partial charge >= 0.3 is 0 Å². The number of carbonyl (C=O) groups excluding carboxylic acids is 2. The smallest absolute Gasteiger partial charge is 0.190 e. The lowest BCUT2D eigenvalue weighted by atomic mass is 9.72. The summed E-state index contributed by atoms with van der Waals surface area (Å²) < 4.78 is 5.10. The summed E-state index contributed by atoms with van der Waals surface area (Å²) in [5.74, 6) is -2.85. The number of rotatable bonds is 1. The summed E-state index contributed by atoms with van der Waals surface area (Å²) in [7, 11) is 1.19. The zero-order chi connectivity index (χ0) is 18.0. The second kappa shape index (κ2) is 5.12. The van der Waals surface area contributed by atoms with Crippen molar-refractivity contribution in [2.75, 3.05) is 7.11 Å². The number of ketones is 2. The van der Waals surface area contributed by atoms with Crippen molar-refractivity contribution in [2.45, 2.75) is 30.8 Å². The standard InChI is InChI=1S/C16H16O8/c1-16(23)14(21)10-9(13(24-2)15(16)22)11(19)7-5(17)3-4-6(18)8(7)12(10)20/h3-4,13-15,19-23H,1-2H3/t13-,14-,15+,16+/m0/s1. The zero-order valence-corrected chi connectivity index (χ0v) is 12.8. The van der Waals surface area contributed by atoms with E-state index >= 15 is 0 Å². The molecule has 2 aliphatic carbocycles. The summed E-state index contributed by atoms with van der Waals surface area (Å²) in [6.07, 6.45) is -2.92. The molecule has 128 valence electrons. The molecule has 0 bridgehead atoms. The van der Waals surface area contributed by atoms with Gasteiger partial charge in [-0.25, -0.2) is 0 Å². The van der Waals surface area contributed by atoms with Crippen LogP contribution >= 0.6 is 0 Å². The number of phenolic OH excluding ortho intramolecular Hbond substituents is 2. The Morgan fingerprint density at radius 3 is 1.92 bits per heavy atom. The van der Waals surface area contributed by atoms with Gasteiger partial charge in [0.15, 0.2) is 11.6 Å². The lowest BCUT2D eigenvalue weighted by Crippen LogP contribution is -2.52. The van der Waals surface area contributed by atoms with Crippen LogP contribution in [0.3, 0.4) is 0 Å². The highest BCUT2D eigenvalue weighted by atomic mass is 16.5. The molecule has 3 rings (SSSR count). The van der Waals surface area contributed by atoms with Crippen LogP contribution in [0, 0.1) is 0 Å². The Labute approximate surface area is 136 Å². The molecule has 0 heterocycles. The molecule has 0 aliphatic heterocycles. The van der Waals surface area contributed by atoms with E-state index in [-0.39, 0.29) is 11.1 Å². The van der Waals surface area contributed by atoms with E-state index in [4.69, 9.17) is 4.74 Å². The summed E-state index contributed by atoms with van der Waals surface area (Å²) >= 11 is 0. The number of fused-ring (bicyclic) bond motifs is 2. The number of aliphatic hydroxyl groups excluding tert-OH is 2. The van der Waals surface area contributed by atoms with Crippen molar-refractivity contribution >= 4 is 11.6 Å². The molecule has 0 aromatic heterocycles. The van der Waals surface area contributed by atoms with Crippen molar-refractivity contribution in [2.24, 2.45) is 0 Å². The van der Waals surface area contributed by atoms with Gasteiger partial charge in [-0.15, -0.1) is 0 Å². The van der Waals surface area contributed by atoms with Crippen LogP contribution in [0.15, 0.2) is 12.2 Å². The monoisotopic (exact) mass is 336 g/mol. The molecular formula is C16H16O8. The van der Waals surface area contributed by atoms with E-state index in [1.807, 2.05) is 0 Å². The van der Waals surface area contributed by atoms with Gasteiger partial charge in [-0.3, -0.25) is 9.59 Å². The van der Waals surface area contributed by atoms with Crippen molar-refractivity contribution < 1.29 is 39.9 Å². The van der Waals surface area contributed by atoms with Gasteiger partial charge in [0.05, 0.1) is 11.1 Å². The first-order valence-corrected chi connectivity index (χ1v) is 7.14. The van der Waals surface area contributed by atoms with Gasteiger partial charge in [0.25, 0.3) is 0 Å². The van der Waals surface area contributed by atoms with E-state index in [1.54, 1.807) is 0 Å². The van der Waals surface area contributed by atoms with Crippen molar-refractivity contribution in [3.63, 3.8) is 0 Å². The van der Waals surface area contributed by atoms with Crippen LogP contribution in [-0.2, 0) is 4.74 Å². The first-order chi connectivity index (χ1) is 11.1.